The zero-order valence-corrected chi connectivity index (χ0v) is 19.2. The summed E-state index contributed by atoms with van der Waals surface area (Å²) in [5.41, 5.74) is 1.92. The molecular formula is C26H39FN2O2. The van der Waals surface area contributed by atoms with Crippen LogP contribution in [0.4, 0.5) is 4.39 Å². The minimum Gasteiger partial charge on any atom is -0.300 e. The van der Waals surface area contributed by atoms with E-state index in [0.717, 1.165) is 75.6 Å². The van der Waals surface area contributed by atoms with Gasteiger partial charge in [0.15, 0.2) is 0 Å². The SMILES string of the molecule is CCC(=O)CCC1CCC(C(=O)CC2CCC(c3ccc(CCCF)nn3)CC2)CC1. The molecule has 0 aliphatic heterocycles. The molecular weight excluding hydrogens is 391 g/mol. The Balaban J connectivity index is 1.36. The molecule has 0 spiro atoms. The van der Waals surface area contributed by atoms with Gasteiger partial charge in [-0.3, -0.25) is 14.0 Å². The van der Waals surface area contributed by atoms with E-state index >= 15 is 0 Å². The molecule has 1 aromatic rings. The first kappa shape index (κ1) is 24.0. The molecule has 1 heterocycles. The van der Waals surface area contributed by atoms with Gasteiger partial charge < -0.3 is 0 Å². The summed E-state index contributed by atoms with van der Waals surface area (Å²) in [6, 6.07) is 4.05. The van der Waals surface area contributed by atoms with Crippen molar-refractivity contribution in [3.05, 3.63) is 23.5 Å². The van der Waals surface area contributed by atoms with E-state index in [1.165, 1.54) is 0 Å². The van der Waals surface area contributed by atoms with Crippen molar-refractivity contribution in [3.63, 3.8) is 0 Å². The van der Waals surface area contributed by atoms with E-state index in [9.17, 15) is 14.0 Å². The monoisotopic (exact) mass is 430 g/mol. The average Bonchev–Trinajstić information content (AvgIpc) is 2.82. The van der Waals surface area contributed by atoms with E-state index in [4.69, 9.17) is 0 Å². The number of carbonyl (C=O) groups excluding carboxylic acids is 2. The highest BCUT2D eigenvalue weighted by Gasteiger charge is 2.30. The molecule has 4 nitrogen and oxygen atoms in total. The van der Waals surface area contributed by atoms with Crippen molar-refractivity contribution in [2.24, 2.45) is 17.8 Å². The van der Waals surface area contributed by atoms with Crippen molar-refractivity contribution in [2.75, 3.05) is 6.67 Å². The zero-order valence-electron chi connectivity index (χ0n) is 19.2. The highest BCUT2D eigenvalue weighted by molar-refractivity contribution is 5.81. The molecule has 172 valence electrons. The fraction of sp³-hybridized carbons (Fsp3) is 0.769. The number of carbonyl (C=O) groups is 2. The van der Waals surface area contributed by atoms with Crippen LogP contribution in [0.5, 0.6) is 0 Å². The van der Waals surface area contributed by atoms with Crippen LogP contribution in [0.25, 0.3) is 0 Å². The molecule has 0 saturated heterocycles. The van der Waals surface area contributed by atoms with Crippen molar-refractivity contribution in [1.82, 2.24) is 10.2 Å². The minimum absolute atomic E-state index is 0.249. The summed E-state index contributed by atoms with van der Waals surface area (Å²) in [5, 5.41) is 8.66. The molecule has 0 bridgehead atoms. The largest absolute Gasteiger partial charge is 0.300 e. The van der Waals surface area contributed by atoms with Crippen molar-refractivity contribution < 1.29 is 14.0 Å². The number of nitrogens with zero attached hydrogens (tertiary/aromatic N) is 2. The number of rotatable bonds is 11. The lowest BCUT2D eigenvalue weighted by atomic mass is 9.74. The van der Waals surface area contributed by atoms with Crippen LogP contribution in [0.2, 0.25) is 0 Å². The number of alkyl halides is 1. The van der Waals surface area contributed by atoms with E-state index in [0.29, 0.717) is 55.0 Å². The van der Waals surface area contributed by atoms with Gasteiger partial charge in [-0.05, 0) is 94.6 Å². The van der Waals surface area contributed by atoms with Gasteiger partial charge in [-0.1, -0.05) is 6.92 Å². The summed E-state index contributed by atoms with van der Waals surface area (Å²) in [7, 11) is 0. The lowest BCUT2D eigenvalue weighted by Crippen LogP contribution is -2.25. The van der Waals surface area contributed by atoms with E-state index < -0.39 is 0 Å². The fourth-order valence-electron chi connectivity index (χ4n) is 5.40. The second kappa shape index (κ2) is 12.4. The summed E-state index contributed by atoms with van der Waals surface area (Å²) in [4.78, 5) is 24.4. The Hall–Kier alpha value is -1.65. The van der Waals surface area contributed by atoms with Crippen LogP contribution in [0.1, 0.15) is 108 Å². The van der Waals surface area contributed by atoms with Gasteiger partial charge in [-0.2, -0.15) is 10.2 Å². The van der Waals surface area contributed by atoms with Crippen molar-refractivity contribution >= 4 is 11.6 Å². The van der Waals surface area contributed by atoms with E-state index in [-0.39, 0.29) is 12.6 Å². The van der Waals surface area contributed by atoms with Gasteiger partial charge in [-0.15, -0.1) is 0 Å². The first-order valence-corrected chi connectivity index (χ1v) is 12.5. The zero-order chi connectivity index (χ0) is 22.1. The van der Waals surface area contributed by atoms with Crippen LogP contribution in [0.3, 0.4) is 0 Å². The van der Waals surface area contributed by atoms with Gasteiger partial charge in [0, 0.05) is 31.1 Å². The summed E-state index contributed by atoms with van der Waals surface area (Å²) in [6.07, 6.45) is 12.9. The maximum absolute atomic E-state index is 12.9. The van der Waals surface area contributed by atoms with Crippen LogP contribution in [0.15, 0.2) is 12.1 Å². The van der Waals surface area contributed by atoms with E-state index in [1.807, 2.05) is 13.0 Å². The van der Waals surface area contributed by atoms with Gasteiger partial charge >= 0.3 is 0 Å². The molecule has 2 aliphatic carbocycles. The number of aromatic nitrogens is 2. The Kier molecular flexibility index (Phi) is 9.60. The van der Waals surface area contributed by atoms with Crippen LogP contribution < -0.4 is 0 Å². The molecule has 2 saturated carbocycles. The summed E-state index contributed by atoms with van der Waals surface area (Å²) in [6.45, 7) is 1.62. The third-order valence-corrected chi connectivity index (χ3v) is 7.59. The van der Waals surface area contributed by atoms with Gasteiger partial charge in [0.25, 0.3) is 0 Å². The average molecular weight is 431 g/mol. The molecule has 5 heteroatoms. The summed E-state index contributed by atoms with van der Waals surface area (Å²) >= 11 is 0. The topological polar surface area (TPSA) is 59.9 Å². The molecule has 0 aromatic carbocycles. The predicted molar refractivity (Wildman–Crippen MR) is 121 cm³/mol. The van der Waals surface area contributed by atoms with Crippen LogP contribution in [-0.2, 0) is 16.0 Å². The van der Waals surface area contributed by atoms with Gasteiger partial charge in [0.2, 0.25) is 0 Å². The lowest BCUT2D eigenvalue weighted by Gasteiger charge is -2.31. The fourth-order valence-corrected chi connectivity index (χ4v) is 5.40. The predicted octanol–water partition coefficient (Wildman–Crippen LogP) is 6.18. The number of ketones is 2. The molecule has 0 atom stereocenters. The Labute approximate surface area is 186 Å². The number of hydrogen-bond acceptors (Lipinski definition) is 4. The quantitative estimate of drug-likeness (QED) is 0.421. The molecule has 3 rings (SSSR count). The highest BCUT2D eigenvalue weighted by atomic mass is 19.1. The smallest absolute Gasteiger partial charge is 0.136 e. The molecule has 31 heavy (non-hydrogen) atoms. The Bertz CT molecular complexity index is 690. The molecule has 2 aliphatic rings. The Morgan fingerprint density at radius 2 is 1.68 bits per heavy atom. The Morgan fingerprint density at radius 1 is 0.968 bits per heavy atom. The third kappa shape index (κ3) is 7.47. The minimum atomic E-state index is -0.312. The van der Waals surface area contributed by atoms with Crippen LogP contribution in [0, 0.1) is 17.8 Å². The number of aryl methyl sites for hydroxylation is 1. The van der Waals surface area contributed by atoms with Crippen molar-refractivity contribution in [2.45, 2.75) is 103 Å². The maximum atomic E-state index is 12.9. The lowest BCUT2D eigenvalue weighted by molar-refractivity contribution is -0.125. The second-order valence-corrected chi connectivity index (χ2v) is 9.78. The second-order valence-electron chi connectivity index (χ2n) is 9.78. The normalized spacial score (nSPS) is 26.5. The van der Waals surface area contributed by atoms with Crippen LogP contribution >= 0.6 is 0 Å². The Morgan fingerprint density at radius 3 is 2.29 bits per heavy atom. The summed E-state index contributed by atoms with van der Waals surface area (Å²) in [5.74, 6) is 2.69. The van der Waals surface area contributed by atoms with Gasteiger partial charge in [-0.25, -0.2) is 0 Å². The highest BCUT2D eigenvalue weighted by Crippen LogP contribution is 2.38. The number of Topliss-reactive ketones (excluding diaryl/α,β-unsaturated/α-hetero) is 2. The summed E-state index contributed by atoms with van der Waals surface area (Å²) < 4.78 is 12.3. The first-order valence-electron chi connectivity index (χ1n) is 12.5. The van der Waals surface area contributed by atoms with Crippen molar-refractivity contribution in [3.8, 4) is 0 Å². The third-order valence-electron chi connectivity index (χ3n) is 7.59. The van der Waals surface area contributed by atoms with Gasteiger partial charge in [0.1, 0.15) is 11.6 Å². The maximum Gasteiger partial charge on any atom is 0.136 e. The van der Waals surface area contributed by atoms with E-state index in [1.54, 1.807) is 0 Å². The van der Waals surface area contributed by atoms with E-state index in [2.05, 4.69) is 16.3 Å². The molecule has 2 fully saturated rings. The van der Waals surface area contributed by atoms with Gasteiger partial charge in [0.05, 0.1) is 18.1 Å². The first-order chi connectivity index (χ1) is 15.1. The molecule has 0 N–H and O–H groups in total. The molecule has 0 radical (unpaired) electrons. The molecule has 1 aromatic heterocycles. The molecule has 0 amide bonds. The van der Waals surface area contributed by atoms with Crippen molar-refractivity contribution in [1.29, 1.82) is 0 Å². The number of hydrogen-bond donors (Lipinski definition) is 0. The standard InChI is InChI=1S/C26H39FN2O2/c1-2-24(30)15-9-19-5-12-22(13-6-19)26(31)18-20-7-10-21(11-8-20)25-16-14-23(28-29-25)4-3-17-27/h14,16,19-22H,2-13,15,17-18H2,1H3. The molecule has 0 unspecified atom stereocenters. The van der Waals surface area contributed by atoms with Crippen LogP contribution in [-0.4, -0.2) is 28.4 Å². The number of halogens is 1.